The molecule has 2 rings (SSSR count). The molecule has 104 valence electrons. The van der Waals surface area contributed by atoms with Crippen LogP contribution in [-0.2, 0) is 10.0 Å². The Morgan fingerprint density at radius 1 is 1.10 bits per heavy atom. The van der Waals surface area contributed by atoms with Gasteiger partial charge in [-0.25, -0.2) is 12.8 Å². The van der Waals surface area contributed by atoms with Crippen molar-refractivity contribution < 1.29 is 12.8 Å². The van der Waals surface area contributed by atoms with E-state index in [2.05, 4.69) is 4.72 Å². The monoisotopic (exact) mass is 293 g/mol. The molecule has 0 heterocycles. The van der Waals surface area contributed by atoms with Crippen LogP contribution in [0.4, 0.5) is 10.1 Å². The van der Waals surface area contributed by atoms with E-state index in [0.29, 0.717) is 0 Å². The molecule has 0 spiro atoms. The molecule has 7 heteroatoms. The number of benzene rings is 2. The number of hydrogen-bond acceptors (Lipinski definition) is 3. The SMILES string of the molecule is N=C(N)c1ccccc1NS(=O)(=O)c1ccccc1F. The summed E-state index contributed by atoms with van der Waals surface area (Å²) in [4.78, 5) is -0.460. The van der Waals surface area contributed by atoms with Gasteiger partial charge in [-0.2, -0.15) is 0 Å². The summed E-state index contributed by atoms with van der Waals surface area (Å²) in [6.07, 6.45) is 0. The minimum Gasteiger partial charge on any atom is -0.384 e. The van der Waals surface area contributed by atoms with Gasteiger partial charge in [0.2, 0.25) is 0 Å². The Morgan fingerprint density at radius 2 is 1.70 bits per heavy atom. The maximum Gasteiger partial charge on any atom is 0.264 e. The van der Waals surface area contributed by atoms with Gasteiger partial charge in [-0.3, -0.25) is 10.1 Å². The minimum atomic E-state index is -4.08. The average Bonchev–Trinajstić information content (AvgIpc) is 2.39. The van der Waals surface area contributed by atoms with Gasteiger partial charge in [-0.15, -0.1) is 0 Å². The third kappa shape index (κ3) is 2.77. The second kappa shape index (κ2) is 5.30. The smallest absolute Gasteiger partial charge is 0.264 e. The van der Waals surface area contributed by atoms with Crippen molar-refractivity contribution in [1.29, 1.82) is 5.41 Å². The zero-order valence-electron chi connectivity index (χ0n) is 10.3. The first-order valence-corrected chi connectivity index (χ1v) is 7.11. The summed E-state index contributed by atoms with van der Waals surface area (Å²) in [5.74, 6) is -1.13. The number of nitrogen functional groups attached to an aromatic ring is 1. The molecule has 0 saturated heterocycles. The van der Waals surface area contributed by atoms with Crippen LogP contribution in [0.5, 0.6) is 0 Å². The molecule has 4 N–H and O–H groups in total. The molecular formula is C13H12FN3O2S. The van der Waals surface area contributed by atoms with Crippen LogP contribution in [0.3, 0.4) is 0 Å². The molecule has 0 aliphatic carbocycles. The fourth-order valence-electron chi connectivity index (χ4n) is 1.67. The largest absolute Gasteiger partial charge is 0.384 e. The fourth-order valence-corrected chi connectivity index (χ4v) is 2.83. The molecule has 0 bridgehead atoms. The number of para-hydroxylation sites is 1. The van der Waals surface area contributed by atoms with Crippen LogP contribution in [0.25, 0.3) is 0 Å². The van der Waals surface area contributed by atoms with Gasteiger partial charge in [0.05, 0.1) is 5.69 Å². The summed E-state index contributed by atoms with van der Waals surface area (Å²) < 4.78 is 40.1. The maximum absolute atomic E-state index is 13.6. The molecule has 2 aromatic carbocycles. The van der Waals surface area contributed by atoms with Crippen LogP contribution < -0.4 is 10.5 Å². The highest BCUT2D eigenvalue weighted by Crippen LogP contribution is 2.21. The molecule has 0 amide bonds. The number of amidine groups is 1. The van der Waals surface area contributed by atoms with Crippen molar-refractivity contribution in [3.8, 4) is 0 Å². The third-order valence-corrected chi connectivity index (χ3v) is 3.99. The van der Waals surface area contributed by atoms with Crippen LogP contribution in [0.1, 0.15) is 5.56 Å². The van der Waals surface area contributed by atoms with Gasteiger partial charge >= 0.3 is 0 Å². The van der Waals surface area contributed by atoms with Crippen LogP contribution in [-0.4, -0.2) is 14.3 Å². The summed E-state index contributed by atoms with van der Waals surface area (Å²) >= 11 is 0. The van der Waals surface area contributed by atoms with Crippen molar-refractivity contribution >= 4 is 21.5 Å². The molecule has 0 fully saturated rings. The van der Waals surface area contributed by atoms with Gasteiger partial charge in [0.1, 0.15) is 16.5 Å². The minimum absolute atomic E-state index is 0.128. The van der Waals surface area contributed by atoms with E-state index in [1.165, 1.54) is 24.3 Å². The maximum atomic E-state index is 13.6. The van der Waals surface area contributed by atoms with E-state index < -0.39 is 20.7 Å². The first-order chi connectivity index (χ1) is 9.42. The summed E-state index contributed by atoms with van der Waals surface area (Å²) in [5, 5.41) is 7.40. The predicted molar refractivity (Wildman–Crippen MR) is 74.7 cm³/mol. The van der Waals surface area contributed by atoms with E-state index in [-0.39, 0.29) is 17.1 Å². The summed E-state index contributed by atoms with van der Waals surface area (Å²) in [6.45, 7) is 0. The molecule has 20 heavy (non-hydrogen) atoms. The molecule has 0 saturated carbocycles. The molecule has 0 aromatic heterocycles. The Balaban J connectivity index is 2.45. The van der Waals surface area contributed by atoms with E-state index in [1.807, 2.05) is 0 Å². The molecule has 2 aromatic rings. The Kier molecular flexibility index (Phi) is 3.71. The Labute approximate surface area is 115 Å². The van der Waals surface area contributed by atoms with Crippen LogP contribution in [0.2, 0.25) is 0 Å². The topological polar surface area (TPSA) is 96.0 Å². The lowest BCUT2D eigenvalue weighted by Gasteiger charge is -2.12. The van der Waals surface area contributed by atoms with Crippen LogP contribution >= 0.6 is 0 Å². The van der Waals surface area contributed by atoms with Gasteiger partial charge in [0.15, 0.2) is 0 Å². The number of sulfonamides is 1. The first-order valence-electron chi connectivity index (χ1n) is 5.62. The van der Waals surface area contributed by atoms with E-state index in [4.69, 9.17) is 11.1 Å². The Hall–Kier alpha value is -2.41. The average molecular weight is 293 g/mol. The Morgan fingerprint density at radius 3 is 2.35 bits per heavy atom. The highest BCUT2D eigenvalue weighted by atomic mass is 32.2. The summed E-state index contributed by atoms with van der Waals surface area (Å²) in [7, 11) is -4.08. The number of hydrogen-bond donors (Lipinski definition) is 3. The van der Waals surface area contributed by atoms with Gasteiger partial charge in [-0.05, 0) is 24.3 Å². The van der Waals surface area contributed by atoms with E-state index in [1.54, 1.807) is 12.1 Å². The van der Waals surface area contributed by atoms with Gasteiger partial charge < -0.3 is 5.73 Å². The molecule has 0 radical (unpaired) electrons. The molecule has 0 unspecified atom stereocenters. The van der Waals surface area contributed by atoms with Crippen molar-refractivity contribution in [2.75, 3.05) is 4.72 Å². The first kappa shape index (κ1) is 14.0. The van der Waals surface area contributed by atoms with Crippen molar-refractivity contribution in [1.82, 2.24) is 0 Å². The zero-order valence-corrected chi connectivity index (χ0v) is 11.1. The predicted octanol–water partition coefficient (Wildman–Crippen LogP) is 1.91. The fraction of sp³-hybridized carbons (Fsp3) is 0. The highest BCUT2D eigenvalue weighted by molar-refractivity contribution is 7.92. The number of nitrogens with one attached hydrogen (secondary N) is 2. The van der Waals surface area contributed by atoms with E-state index in [0.717, 1.165) is 12.1 Å². The zero-order chi connectivity index (χ0) is 14.8. The van der Waals surface area contributed by atoms with Crippen LogP contribution in [0.15, 0.2) is 53.4 Å². The standard InChI is InChI=1S/C13H12FN3O2S/c14-10-6-2-4-8-12(10)20(18,19)17-11-7-3-1-5-9(11)13(15)16/h1-8,17H,(H3,15,16). The van der Waals surface area contributed by atoms with E-state index in [9.17, 15) is 12.8 Å². The molecule has 0 aliphatic heterocycles. The summed E-state index contributed by atoms with van der Waals surface area (Å²) in [5.41, 5.74) is 5.73. The second-order valence-corrected chi connectivity index (χ2v) is 5.65. The van der Waals surface area contributed by atoms with Gasteiger partial charge in [-0.1, -0.05) is 24.3 Å². The van der Waals surface area contributed by atoms with Crippen molar-refractivity contribution in [2.45, 2.75) is 4.90 Å². The van der Waals surface area contributed by atoms with E-state index >= 15 is 0 Å². The number of rotatable bonds is 4. The van der Waals surface area contributed by atoms with Crippen molar-refractivity contribution in [3.63, 3.8) is 0 Å². The molecular weight excluding hydrogens is 281 g/mol. The molecule has 5 nitrogen and oxygen atoms in total. The number of nitrogens with two attached hydrogens (primary N) is 1. The molecule has 0 atom stereocenters. The van der Waals surface area contributed by atoms with Crippen molar-refractivity contribution in [2.24, 2.45) is 5.73 Å². The third-order valence-electron chi connectivity index (χ3n) is 2.59. The van der Waals surface area contributed by atoms with Crippen molar-refractivity contribution in [3.05, 3.63) is 59.9 Å². The van der Waals surface area contributed by atoms with Gasteiger partial charge in [0.25, 0.3) is 10.0 Å². The van der Waals surface area contributed by atoms with Crippen LogP contribution in [0, 0.1) is 11.2 Å². The quantitative estimate of drug-likeness (QED) is 0.593. The highest BCUT2D eigenvalue weighted by Gasteiger charge is 2.20. The Bertz CT molecular complexity index is 760. The molecule has 0 aliphatic rings. The summed E-state index contributed by atoms with van der Waals surface area (Å²) in [6, 6.07) is 11.2. The number of anilines is 1. The normalized spacial score (nSPS) is 11.1. The number of halogens is 1. The lowest BCUT2D eigenvalue weighted by Crippen LogP contribution is -2.19. The second-order valence-electron chi connectivity index (χ2n) is 4.00. The van der Waals surface area contributed by atoms with Gasteiger partial charge in [0, 0.05) is 5.56 Å². The lowest BCUT2D eigenvalue weighted by molar-refractivity contribution is 0.570. The lowest BCUT2D eigenvalue weighted by atomic mass is 10.2.